The van der Waals surface area contributed by atoms with Gasteiger partial charge < -0.3 is 20.3 Å². The van der Waals surface area contributed by atoms with E-state index in [-0.39, 0.29) is 23.6 Å². The molecule has 1 aromatic heterocycles. The largest absolute Gasteiger partial charge is 0.359 e. The lowest BCUT2D eigenvalue weighted by Crippen LogP contribution is -2.58. The highest BCUT2D eigenvalue weighted by Crippen LogP contribution is 2.55. The molecule has 3 amide bonds. The van der Waals surface area contributed by atoms with Crippen molar-refractivity contribution < 1.29 is 19.1 Å². The van der Waals surface area contributed by atoms with E-state index in [1.54, 1.807) is 16.2 Å². The molecule has 174 valence electrons. The Balaban J connectivity index is 1.63. The quantitative estimate of drug-likeness (QED) is 0.585. The smallest absolute Gasteiger partial charge is 0.246 e. The lowest BCUT2D eigenvalue weighted by molar-refractivity contribution is -0.142. The predicted octanol–water partition coefficient (Wildman–Crippen LogP) is 2.48. The van der Waals surface area contributed by atoms with Gasteiger partial charge in [0.15, 0.2) is 0 Å². The summed E-state index contributed by atoms with van der Waals surface area (Å²) in [5.74, 6) is -1.75. The molecule has 4 rings (SSSR count). The molecule has 2 saturated heterocycles. The molecule has 0 radical (unpaired) electrons. The van der Waals surface area contributed by atoms with Crippen molar-refractivity contribution in [2.45, 2.75) is 70.9 Å². The Morgan fingerprint density at radius 1 is 1.31 bits per heavy atom. The zero-order valence-electron chi connectivity index (χ0n) is 19.4. The van der Waals surface area contributed by atoms with E-state index in [1.165, 1.54) is 0 Å². The van der Waals surface area contributed by atoms with E-state index in [0.717, 1.165) is 11.3 Å². The number of likely N-dealkylation sites (tertiary alicyclic amines) is 1. The monoisotopic (exact) mass is 459 g/mol. The first-order valence-corrected chi connectivity index (χ1v) is 12.3. The van der Waals surface area contributed by atoms with Crippen LogP contribution in [0.4, 0.5) is 0 Å². The molecular weight excluding hydrogens is 426 g/mol. The summed E-state index contributed by atoms with van der Waals surface area (Å²) in [6.45, 7) is 10.8. The average Bonchev–Trinajstić information content (AvgIpc) is 3.48. The van der Waals surface area contributed by atoms with E-state index in [2.05, 4.69) is 10.6 Å². The lowest BCUT2D eigenvalue weighted by Gasteiger charge is -2.35. The van der Waals surface area contributed by atoms with Crippen LogP contribution in [0.5, 0.6) is 0 Å². The summed E-state index contributed by atoms with van der Waals surface area (Å²) in [5, 5.41) is 8.04. The van der Waals surface area contributed by atoms with Crippen molar-refractivity contribution in [1.82, 2.24) is 15.5 Å². The van der Waals surface area contributed by atoms with Crippen LogP contribution < -0.4 is 10.6 Å². The van der Waals surface area contributed by atoms with Crippen LogP contribution in [0.15, 0.2) is 29.7 Å². The fraction of sp³-hybridized carbons (Fsp3) is 0.625. The number of ether oxygens (including phenoxy) is 1. The van der Waals surface area contributed by atoms with Crippen molar-refractivity contribution in [1.29, 1.82) is 0 Å². The molecule has 1 aromatic rings. The number of nitrogens with one attached hydrogen (secondary N) is 2. The molecule has 1 spiro atoms. The van der Waals surface area contributed by atoms with Crippen LogP contribution in [0.25, 0.3) is 0 Å². The number of thiophene rings is 1. The minimum absolute atomic E-state index is 0.170. The number of carbonyl (C=O) groups excluding carboxylic acids is 3. The summed E-state index contributed by atoms with van der Waals surface area (Å²) in [6.07, 6.45) is 3.96. The molecule has 4 heterocycles. The Kier molecular flexibility index (Phi) is 5.96. The first-order valence-electron chi connectivity index (χ1n) is 11.4. The van der Waals surface area contributed by atoms with Gasteiger partial charge in [0, 0.05) is 17.0 Å². The third kappa shape index (κ3) is 3.77. The van der Waals surface area contributed by atoms with E-state index >= 15 is 0 Å². The maximum absolute atomic E-state index is 13.7. The third-order valence-electron chi connectivity index (χ3n) is 6.85. The summed E-state index contributed by atoms with van der Waals surface area (Å²) in [6, 6.07) is 3.12. The summed E-state index contributed by atoms with van der Waals surface area (Å²) in [4.78, 5) is 43.1. The van der Waals surface area contributed by atoms with Gasteiger partial charge in [0.2, 0.25) is 17.7 Å². The van der Waals surface area contributed by atoms with Crippen molar-refractivity contribution >= 4 is 29.1 Å². The minimum atomic E-state index is -1.10. The molecule has 3 aliphatic rings. The van der Waals surface area contributed by atoms with Crippen LogP contribution in [0, 0.1) is 17.8 Å². The highest BCUT2D eigenvalue weighted by atomic mass is 32.1. The number of amides is 3. The Bertz CT molecular complexity index is 926. The molecule has 2 fully saturated rings. The molecule has 2 N–H and O–H groups in total. The van der Waals surface area contributed by atoms with Crippen molar-refractivity contribution in [2.24, 2.45) is 17.8 Å². The Morgan fingerprint density at radius 3 is 2.69 bits per heavy atom. The standard InChI is InChI=1S/C24H33N3O4S/c1-6-23(4,5)26-21(29)19-24-10-9-16(31-24)17(18(24)22(30)27(19)13-14(2)3)20(28)25-12-15-8-7-11-32-15/h7-11,14,16-19H,6,12-13H2,1-5H3,(H,25,28)(H,26,29)/t16-,17+,18+,19+,24+/m1/s1. The first kappa shape index (κ1) is 23.0. The molecule has 0 saturated carbocycles. The number of nitrogens with zero attached hydrogens (tertiary/aromatic N) is 1. The molecule has 7 nitrogen and oxygen atoms in total. The van der Waals surface area contributed by atoms with E-state index in [4.69, 9.17) is 4.74 Å². The number of carbonyl (C=O) groups is 3. The zero-order chi connectivity index (χ0) is 23.3. The lowest BCUT2D eigenvalue weighted by atomic mass is 9.74. The number of hydrogen-bond acceptors (Lipinski definition) is 5. The van der Waals surface area contributed by atoms with Crippen LogP contribution in [0.1, 0.15) is 45.9 Å². The van der Waals surface area contributed by atoms with E-state index in [1.807, 2.05) is 64.3 Å². The topological polar surface area (TPSA) is 87.7 Å². The molecule has 0 aromatic carbocycles. The predicted molar refractivity (Wildman–Crippen MR) is 123 cm³/mol. The van der Waals surface area contributed by atoms with Crippen LogP contribution in [-0.2, 0) is 25.7 Å². The molecule has 2 bridgehead atoms. The molecule has 0 aliphatic carbocycles. The van der Waals surface area contributed by atoms with Gasteiger partial charge in [-0.3, -0.25) is 14.4 Å². The summed E-state index contributed by atoms with van der Waals surface area (Å²) in [5.41, 5.74) is -1.51. The number of fused-ring (bicyclic) bond motifs is 1. The fourth-order valence-electron chi connectivity index (χ4n) is 5.05. The van der Waals surface area contributed by atoms with E-state index in [0.29, 0.717) is 13.1 Å². The van der Waals surface area contributed by atoms with Crippen LogP contribution in [-0.4, -0.2) is 52.5 Å². The zero-order valence-corrected chi connectivity index (χ0v) is 20.2. The molecule has 32 heavy (non-hydrogen) atoms. The van der Waals surface area contributed by atoms with Crippen LogP contribution in [0.3, 0.4) is 0 Å². The van der Waals surface area contributed by atoms with E-state index < -0.39 is 35.1 Å². The second-order valence-electron chi connectivity index (χ2n) is 10.1. The van der Waals surface area contributed by atoms with E-state index in [9.17, 15) is 14.4 Å². The number of hydrogen-bond donors (Lipinski definition) is 2. The van der Waals surface area contributed by atoms with Gasteiger partial charge in [0.05, 0.1) is 24.5 Å². The Morgan fingerprint density at radius 2 is 2.06 bits per heavy atom. The van der Waals surface area contributed by atoms with Gasteiger partial charge in [0.1, 0.15) is 11.6 Å². The second-order valence-corrected chi connectivity index (χ2v) is 11.1. The molecule has 5 atom stereocenters. The van der Waals surface area contributed by atoms with Crippen LogP contribution in [0.2, 0.25) is 0 Å². The SMILES string of the molecule is CCC(C)(C)NC(=O)[C@@H]1N(CC(C)C)C(=O)[C@@H]2[C@@H](C(=O)NCc3cccs3)[C@H]3C=C[C@]21O3. The van der Waals surface area contributed by atoms with Crippen LogP contribution >= 0.6 is 11.3 Å². The molecule has 0 unspecified atom stereocenters. The summed E-state index contributed by atoms with van der Waals surface area (Å²) >= 11 is 1.57. The Hall–Kier alpha value is -2.19. The summed E-state index contributed by atoms with van der Waals surface area (Å²) in [7, 11) is 0. The van der Waals surface area contributed by atoms with Crippen molar-refractivity contribution in [3.63, 3.8) is 0 Å². The highest BCUT2D eigenvalue weighted by Gasteiger charge is 2.72. The number of rotatable bonds is 8. The van der Waals surface area contributed by atoms with Gasteiger partial charge in [0.25, 0.3) is 0 Å². The molecular formula is C24H33N3O4S. The summed E-state index contributed by atoms with van der Waals surface area (Å²) < 4.78 is 6.33. The van der Waals surface area contributed by atoms with Crippen molar-refractivity contribution in [3.8, 4) is 0 Å². The van der Waals surface area contributed by atoms with Gasteiger partial charge in [-0.15, -0.1) is 11.3 Å². The maximum Gasteiger partial charge on any atom is 0.246 e. The van der Waals surface area contributed by atoms with Gasteiger partial charge >= 0.3 is 0 Å². The fourth-order valence-corrected chi connectivity index (χ4v) is 5.70. The first-order chi connectivity index (χ1) is 15.1. The van der Waals surface area contributed by atoms with Gasteiger partial charge in [-0.2, -0.15) is 0 Å². The normalized spacial score (nSPS) is 30.8. The molecule has 3 aliphatic heterocycles. The minimum Gasteiger partial charge on any atom is -0.359 e. The molecule has 8 heteroatoms. The average molecular weight is 460 g/mol. The highest BCUT2D eigenvalue weighted by molar-refractivity contribution is 7.09. The second kappa shape index (κ2) is 8.30. The van der Waals surface area contributed by atoms with Gasteiger partial charge in [-0.05, 0) is 37.6 Å². The van der Waals surface area contributed by atoms with Gasteiger partial charge in [-0.1, -0.05) is 39.0 Å². The Labute approximate surface area is 193 Å². The van der Waals surface area contributed by atoms with Gasteiger partial charge in [-0.25, -0.2) is 0 Å². The van der Waals surface area contributed by atoms with Crippen molar-refractivity contribution in [2.75, 3.05) is 6.54 Å². The maximum atomic E-state index is 13.7. The third-order valence-corrected chi connectivity index (χ3v) is 7.73. The van der Waals surface area contributed by atoms with Crippen molar-refractivity contribution in [3.05, 3.63) is 34.5 Å².